The van der Waals surface area contributed by atoms with Crippen LogP contribution in [0, 0.1) is 20.4 Å². The van der Waals surface area contributed by atoms with Crippen LogP contribution in [0.2, 0.25) is 0 Å². The number of oxazole rings is 1. The molecule has 0 aliphatic rings. The van der Waals surface area contributed by atoms with E-state index in [2.05, 4.69) is 19.9 Å². The van der Waals surface area contributed by atoms with Crippen molar-refractivity contribution in [3.8, 4) is 28.3 Å². The number of H-pyrrole nitrogens is 1. The first-order valence-electron chi connectivity index (χ1n) is 9.55. The lowest BCUT2D eigenvalue weighted by atomic mass is 10.1. The number of hydrogen-bond donors (Lipinski definition) is 1. The number of aromatic nitrogens is 4. The van der Waals surface area contributed by atoms with Crippen molar-refractivity contribution >= 4 is 22.6 Å². The Balaban J connectivity index is 1.80. The normalized spacial score (nSPS) is 11.2. The number of hydrogen-bond acceptors (Lipinski definition) is 5. The zero-order valence-corrected chi connectivity index (χ0v) is 17.1. The van der Waals surface area contributed by atoms with Crippen molar-refractivity contribution in [3.63, 3.8) is 0 Å². The summed E-state index contributed by atoms with van der Waals surface area (Å²) in [5.74, 6) is 0.962. The van der Waals surface area contributed by atoms with Crippen LogP contribution in [0.15, 0.2) is 51.7 Å². The second-order valence-corrected chi connectivity index (χ2v) is 7.18. The maximum Gasteiger partial charge on any atom is 0.301 e. The number of ether oxygens (including phenoxy) is 1. The fourth-order valence-electron chi connectivity index (χ4n) is 3.76. The van der Waals surface area contributed by atoms with E-state index in [4.69, 9.17) is 15.7 Å². The first-order chi connectivity index (χ1) is 15.0. The molecule has 5 aromatic rings. The molecule has 8 nitrogen and oxygen atoms in total. The van der Waals surface area contributed by atoms with Gasteiger partial charge in [-0.05, 0) is 37.1 Å². The van der Waals surface area contributed by atoms with Crippen molar-refractivity contribution in [2.24, 2.45) is 0 Å². The van der Waals surface area contributed by atoms with Crippen LogP contribution in [-0.4, -0.2) is 26.7 Å². The van der Waals surface area contributed by atoms with Crippen LogP contribution < -0.4 is 10.3 Å². The number of nitrogens with zero attached hydrogens (tertiary/aromatic N) is 4. The van der Waals surface area contributed by atoms with E-state index >= 15 is 0 Å². The first kappa shape index (κ1) is 18.6. The van der Waals surface area contributed by atoms with Gasteiger partial charge in [-0.3, -0.25) is 4.79 Å². The van der Waals surface area contributed by atoms with Crippen LogP contribution in [-0.2, 0) is 0 Å². The standard InChI is InChI=1S/C23H17N5O3/c1-12-10-15(30-4)19-16(11-12)31-22(26-19)17-13(2)25-21-18(14-8-6-5-7-9-14)20(24-3)27-28(21)23(17)29/h5-11,27H,1-2,4H3. The molecule has 0 radical (unpaired) electrons. The van der Waals surface area contributed by atoms with E-state index in [1.807, 2.05) is 49.4 Å². The maximum atomic E-state index is 13.4. The molecule has 3 aromatic heterocycles. The lowest BCUT2D eigenvalue weighted by molar-refractivity contribution is 0.418. The van der Waals surface area contributed by atoms with Crippen LogP contribution in [0.3, 0.4) is 0 Å². The Morgan fingerprint density at radius 2 is 1.90 bits per heavy atom. The summed E-state index contributed by atoms with van der Waals surface area (Å²) in [6.45, 7) is 11.2. The number of aromatic amines is 1. The molecule has 5 rings (SSSR count). The van der Waals surface area contributed by atoms with Crippen LogP contribution in [0.25, 0.3) is 44.2 Å². The zero-order chi connectivity index (χ0) is 21.7. The van der Waals surface area contributed by atoms with E-state index in [0.717, 1.165) is 11.1 Å². The Labute approximate surface area is 176 Å². The summed E-state index contributed by atoms with van der Waals surface area (Å²) in [5, 5.41) is 2.88. The molecule has 0 bridgehead atoms. The number of aryl methyl sites for hydroxylation is 2. The molecule has 0 aliphatic carbocycles. The Morgan fingerprint density at radius 3 is 2.61 bits per heavy atom. The highest BCUT2D eigenvalue weighted by atomic mass is 16.5. The van der Waals surface area contributed by atoms with E-state index in [0.29, 0.717) is 33.8 Å². The molecule has 0 spiro atoms. The monoisotopic (exact) mass is 411 g/mol. The van der Waals surface area contributed by atoms with Gasteiger partial charge in [0.05, 0.1) is 18.4 Å². The smallest absolute Gasteiger partial charge is 0.301 e. The fourth-order valence-corrected chi connectivity index (χ4v) is 3.76. The van der Waals surface area contributed by atoms with Crippen LogP contribution >= 0.6 is 0 Å². The van der Waals surface area contributed by atoms with Gasteiger partial charge in [-0.1, -0.05) is 36.9 Å². The largest absolute Gasteiger partial charge is 0.494 e. The average Bonchev–Trinajstić information content (AvgIpc) is 3.35. The Hall–Kier alpha value is -4.38. The topological polar surface area (TPSA) is 89.8 Å². The van der Waals surface area contributed by atoms with Crippen LogP contribution in [0.5, 0.6) is 5.75 Å². The minimum Gasteiger partial charge on any atom is -0.494 e. The van der Waals surface area contributed by atoms with Crippen molar-refractivity contribution in [3.05, 3.63) is 75.5 Å². The second kappa shape index (κ2) is 6.85. The third kappa shape index (κ3) is 2.79. The lowest BCUT2D eigenvalue weighted by Gasteiger charge is -2.03. The SMILES string of the molecule is [C-]#[N+]c1[nH]n2c(=O)c(-c3nc4c(OC)cc(C)cc4o3)c(C)nc2c1-c1ccccc1. The van der Waals surface area contributed by atoms with Gasteiger partial charge in [-0.25, -0.2) is 15.1 Å². The first-order valence-corrected chi connectivity index (χ1v) is 9.55. The van der Waals surface area contributed by atoms with Crippen molar-refractivity contribution in [1.82, 2.24) is 19.6 Å². The molecule has 0 saturated heterocycles. The zero-order valence-electron chi connectivity index (χ0n) is 17.1. The van der Waals surface area contributed by atoms with Gasteiger partial charge in [0.25, 0.3) is 5.82 Å². The highest BCUT2D eigenvalue weighted by molar-refractivity contribution is 5.88. The summed E-state index contributed by atoms with van der Waals surface area (Å²) in [6, 6.07) is 13.1. The number of benzene rings is 2. The van der Waals surface area contributed by atoms with Crippen molar-refractivity contribution < 1.29 is 9.15 Å². The molecule has 2 aromatic carbocycles. The molecule has 0 aliphatic heterocycles. The molecule has 0 fully saturated rings. The number of fused-ring (bicyclic) bond motifs is 2. The Bertz CT molecular complexity index is 1570. The third-order valence-electron chi connectivity index (χ3n) is 5.15. The van der Waals surface area contributed by atoms with Gasteiger partial charge in [-0.2, -0.15) is 0 Å². The summed E-state index contributed by atoms with van der Waals surface area (Å²) in [7, 11) is 1.56. The van der Waals surface area contributed by atoms with E-state index in [-0.39, 0.29) is 17.3 Å². The van der Waals surface area contributed by atoms with Gasteiger partial charge in [0, 0.05) is 0 Å². The maximum absolute atomic E-state index is 13.4. The molecular weight excluding hydrogens is 394 g/mol. The molecule has 0 amide bonds. The lowest BCUT2D eigenvalue weighted by Crippen LogP contribution is -2.19. The number of methoxy groups -OCH3 is 1. The summed E-state index contributed by atoms with van der Waals surface area (Å²) < 4.78 is 12.6. The molecule has 0 atom stereocenters. The van der Waals surface area contributed by atoms with Gasteiger partial charge >= 0.3 is 5.56 Å². The van der Waals surface area contributed by atoms with E-state index in [9.17, 15) is 4.79 Å². The second-order valence-electron chi connectivity index (χ2n) is 7.18. The molecule has 31 heavy (non-hydrogen) atoms. The van der Waals surface area contributed by atoms with Gasteiger partial charge in [0.2, 0.25) is 5.89 Å². The van der Waals surface area contributed by atoms with Gasteiger partial charge in [0.1, 0.15) is 11.3 Å². The molecule has 3 heterocycles. The van der Waals surface area contributed by atoms with Gasteiger partial charge < -0.3 is 14.0 Å². The molecule has 8 heteroatoms. The van der Waals surface area contributed by atoms with E-state index in [1.165, 1.54) is 4.52 Å². The summed E-state index contributed by atoms with van der Waals surface area (Å²) in [4.78, 5) is 26.1. The molecule has 152 valence electrons. The van der Waals surface area contributed by atoms with E-state index < -0.39 is 5.56 Å². The summed E-state index contributed by atoms with van der Waals surface area (Å²) in [6.07, 6.45) is 0. The average molecular weight is 411 g/mol. The quantitative estimate of drug-likeness (QED) is 0.436. The Kier molecular flexibility index (Phi) is 4.12. The van der Waals surface area contributed by atoms with Crippen molar-refractivity contribution in [2.75, 3.05) is 7.11 Å². The molecule has 1 N–H and O–H groups in total. The fraction of sp³-hybridized carbons (Fsp3) is 0.130. The van der Waals surface area contributed by atoms with Crippen LogP contribution in [0.4, 0.5) is 5.82 Å². The predicted molar refractivity (Wildman–Crippen MR) is 117 cm³/mol. The molecule has 0 saturated carbocycles. The van der Waals surface area contributed by atoms with Crippen LogP contribution in [0.1, 0.15) is 11.3 Å². The third-order valence-corrected chi connectivity index (χ3v) is 5.15. The number of nitrogens with one attached hydrogen (secondary N) is 1. The predicted octanol–water partition coefficient (Wildman–Crippen LogP) is 4.67. The highest BCUT2D eigenvalue weighted by Crippen LogP contribution is 2.34. The number of rotatable bonds is 3. The molecule has 0 unspecified atom stereocenters. The minimum absolute atomic E-state index is 0.156. The minimum atomic E-state index is -0.392. The van der Waals surface area contributed by atoms with E-state index in [1.54, 1.807) is 14.0 Å². The van der Waals surface area contributed by atoms with Gasteiger partial charge in [0.15, 0.2) is 16.7 Å². The van der Waals surface area contributed by atoms with Crippen molar-refractivity contribution in [1.29, 1.82) is 0 Å². The summed E-state index contributed by atoms with van der Waals surface area (Å²) in [5.41, 5.74) is 4.06. The van der Waals surface area contributed by atoms with Gasteiger partial charge in [-0.15, -0.1) is 4.52 Å². The summed E-state index contributed by atoms with van der Waals surface area (Å²) >= 11 is 0. The Morgan fingerprint density at radius 1 is 1.13 bits per heavy atom. The molecular formula is C23H17N5O3. The highest BCUT2D eigenvalue weighted by Gasteiger charge is 2.24. The van der Waals surface area contributed by atoms with Crippen molar-refractivity contribution in [2.45, 2.75) is 13.8 Å².